The average Bonchev–Trinajstić information content (AvgIpc) is 2.58. The second kappa shape index (κ2) is 4.93. The molecule has 88 valence electrons. The van der Waals surface area contributed by atoms with Gasteiger partial charge in [0.2, 0.25) is 4.80 Å². The summed E-state index contributed by atoms with van der Waals surface area (Å²) in [5.74, 6) is -0.0405. The predicted molar refractivity (Wildman–Crippen MR) is 69.2 cm³/mol. The van der Waals surface area contributed by atoms with E-state index in [9.17, 15) is 4.79 Å². The Hall–Kier alpha value is -1.27. The number of halogens is 1. The first-order chi connectivity index (χ1) is 8.06. The molecule has 2 aromatic rings. The second-order valence-electron chi connectivity index (χ2n) is 3.51. The van der Waals surface area contributed by atoms with Crippen molar-refractivity contribution in [2.75, 3.05) is 0 Å². The van der Waals surface area contributed by atoms with Crippen LogP contribution in [0, 0.1) is 12.3 Å². The van der Waals surface area contributed by atoms with Crippen LogP contribution in [0.1, 0.15) is 15.4 Å². The summed E-state index contributed by atoms with van der Waals surface area (Å²) in [6.45, 7) is 1.94. The van der Waals surface area contributed by atoms with Gasteiger partial charge in [-0.2, -0.15) is 5.10 Å². The topological polar surface area (TPSA) is 58.7 Å². The first-order valence-electron chi connectivity index (χ1n) is 4.94. The van der Waals surface area contributed by atoms with E-state index < -0.39 is 0 Å². The van der Waals surface area contributed by atoms with Crippen molar-refractivity contribution in [2.24, 2.45) is 0 Å². The summed E-state index contributed by atoms with van der Waals surface area (Å²) in [6, 6.07) is 7.17. The minimum atomic E-state index is -0.0405. The Balaban J connectivity index is 2.20. The maximum Gasteiger partial charge on any atom is 0.200 e. The molecule has 1 aromatic carbocycles. The molecular weight excluding hydrogens is 302 g/mol. The molecule has 0 bridgehead atoms. The largest absolute Gasteiger partial charge is 0.292 e. The van der Waals surface area contributed by atoms with Crippen molar-refractivity contribution < 1.29 is 4.79 Å². The van der Waals surface area contributed by atoms with Gasteiger partial charge in [0.05, 0.1) is 0 Å². The Morgan fingerprint density at radius 1 is 1.47 bits per heavy atom. The van der Waals surface area contributed by atoms with Crippen molar-refractivity contribution in [3.8, 4) is 0 Å². The van der Waals surface area contributed by atoms with Crippen LogP contribution in [0.3, 0.4) is 0 Å². The lowest BCUT2D eigenvalue weighted by Gasteiger charge is -2.01. The molecule has 0 aliphatic heterocycles. The van der Waals surface area contributed by atoms with Crippen molar-refractivity contribution >= 4 is 33.0 Å². The molecule has 0 fully saturated rings. The Bertz CT molecular complexity index is 600. The number of Topliss-reactive ketones (excluding diaryl/α,β-unsaturated/α-hetero) is 1. The molecule has 4 nitrogen and oxygen atoms in total. The van der Waals surface area contributed by atoms with Gasteiger partial charge in [-0.15, -0.1) is 0 Å². The molecular formula is C11H10BrN3OS. The van der Waals surface area contributed by atoms with Crippen LogP contribution in [0.5, 0.6) is 0 Å². The minimum absolute atomic E-state index is 0.0405. The van der Waals surface area contributed by atoms with E-state index in [0.29, 0.717) is 10.4 Å². The van der Waals surface area contributed by atoms with Gasteiger partial charge in [-0.1, -0.05) is 39.4 Å². The first-order valence-corrected chi connectivity index (χ1v) is 6.55. The predicted octanol–water partition coefficient (Wildman–Crippen LogP) is 2.38. The Morgan fingerprint density at radius 2 is 2.12 bits per heavy atom. The number of carbonyl (C=O) groups excluding carboxylic acids is 1. The molecule has 0 amide bonds. The van der Waals surface area contributed by atoms with Gasteiger partial charge in [0, 0.05) is 10.0 Å². The highest BCUT2D eigenvalue weighted by atomic mass is 79.9. The highest BCUT2D eigenvalue weighted by Crippen LogP contribution is 2.11. The van der Waals surface area contributed by atoms with Crippen LogP contribution < -0.4 is 4.80 Å². The maximum atomic E-state index is 11.9. The van der Waals surface area contributed by atoms with Crippen LogP contribution in [-0.2, 0) is 6.54 Å². The summed E-state index contributed by atoms with van der Waals surface area (Å²) in [6.07, 6.45) is 0. The van der Waals surface area contributed by atoms with Gasteiger partial charge in [-0.05, 0) is 19.1 Å². The van der Waals surface area contributed by atoms with E-state index in [1.807, 2.05) is 19.1 Å². The standard InChI is InChI=1S/C11H10BrN3OS/c1-7-14-15(11(13)17-7)6-10(16)8-2-4-9(12)5-3-8/h2-5,13H,6H2,1H3. The normalized spacial score (nSPS) is 10.5. The molecule has 0 aliphatic carbocycles. The second-order valence-corrected chi connectivity index (χ2v) is 5.61. The molecule has 6 heteroatoms. The lowest BCUT2D eigenvalue weighted by Crippen LogP contribution is -2.20. The molecule has 0 spiro atoms. The quantitative estimate of drug-likeness (QED) is 0.885. The Morgan fingerprint density at radius 3 is 2.65 bits per heavy atom. The van der Waals surface area contributed by atoms with Crippen molar-refractivity contribution in [3.63, 3.8) is 0 Å². The number of hydrogen-bond acceptors (Lipinski definition) is 4. The zero-order valence-electron chi connectivity index (χ0n) is 9.11. The molecule has 0 saturated carbocycles. The molecule has 0 atom stereocenters. The number of aromatic nitrogens is 2. The number of nitrogens with zero attached hydrogens (tertiary/aromatic N) is 2. The van der Waals surface area contributed by atoms with Crippen molar-refractivity contribution in [1.29, 1.82) is 5.41 Å². The summed E-state index contributed by atoms with van der Waals surface area (Å²) < 4.78 is 2.36. The van der Waals surface area contributed by atoms with Gasteiger partial charge in [0.15, 0.2) is 5.78 Å². The van der Waals surface area contributed by atoms with E-state index in [1.165, 1.54) is 16.0 Å². The zero-order valence-corrected chi connectivity index (χ0v) is 11.5. The SMILES string of the molecule is Cc1nn(CC(=O)c2ccc(Br)cc2)c(=N)s1. The molecule has 0 radical (unpaired) electrons. The fraction of sp³-hybridized carbons (Fsp3) is 0.182. The van der Waals surface area contributed by atoms with Crippen LogP contribution in [0.4, 0.5) is 0 Å². The van der Waals surface area contributed by atoms with E-state index in [0.717, 1.165) is 9.48 Å². The number of nitrogens with one attached hydrogen (secondary N) is 1. The molecule has 0 aliphatic rings. The van der Waals surface area contributed by atoms with Gasteiger partial charge in [0.25, 0.3) is 0 Å². The van der Waals surface area contributed by atoms with Crippen molar-refractivity contribution in [2.45, 2.75) is 13.5 Å². The smallest absolute Gasteiger partial charge is 0.200 e. The van der Waals surface area contributed by atoms with Crippen LogP contribution in [0.2, 0.25) is 0 Å². The van der Waals surface area contributed by atoms with Crippen molar-refractivity contribution in [1.82, 2.24) is 9.78 Å². The van der Waals surface area contributed by atoms with E-state index in [-0.39, 0.29) is 12.3 Å². The lowest BCUT2D eigenvalue weighted by molar-refractivity contribution is 0.0966. The summed E-state index contributed by atoms with van der Waals surface area (Å²) in [4.78, 5) is 12.2. The number of rotatable bonds is 3. The minimum Gasteiger partial charge on any atom is -0.292 e. The fourth-order valence-electron chi connectivity index (χ4n) is 1.40. The third kappa shape index (κ3) is 2.89. The summed E-state index contributed by atoms with van der Waals surface area (Å²) in [7, 11) is 0. The molecule has 0 unspecified atom stereocenters. The molecule has 1 aromatic heterocycles. The molecule has 17 heavy (non-hydrogen) atoms. The van der Waals surface area contributed by atoms with Gasteiger partial charge in [-0.25, -0.2) is 4.68 Å². The fourth-order valence-corrected chi connectivity index (χ4v) is 2.29. The van der Waals surface area contributed by atoms with E-state index in [4.69, 9.17) is 5.41 Å². The van der Waals surface area contributed by atoms with Crippen LogP contribution in [0.15, 0.2) is 28.7 Å². The van der Waals surface area contributed by atoms with Crippen LogP contribution >= 0.6 is 27.3 Å². The van der Waals surface area contributed by atoms with E-state index in [1.54, 1.807) is 12.1 Å². The van der Waals surface area contributed by atoms with Crippen LogP contribution in [0.25, 0.3) is 0 Å². The maximum absolute atomic E-state index is 11.9. The molecule has 1 heterocycles. The molecule has 0 saturated heterocycles. The highest BCUT2D eigenvalue weighted by molar-refractivity contribution is 9.10. The number of ketones is 1. The number of carbonyl (C=O) groups is 1. The molecule has 2 rings (SSSR count). The number of benzene rings is 1. The van der Waals surface area contributed by atoms with Gasteiger partial charge >= 0.3 is 0 Å². The number of hydrogen-bond donors (Lipinski definition) is 1. The first kappa shape index (κ1) is 12.2. The summed E-state index contributed by atoms with van der Waals surface area (Å²) >= 11 is 4.59. The van der Waals surface area contributed by atoms with Gasteiger partial charge in [-0.3, -0.25) is 10.2 Å². The number of aryl methyl sites for hydroxylation is 1. The summed E-state index contributed by atoms with van der Waals surface area (Å²) in [5.41, 5.74) is 0.630. The summed E-state index contributed by atoms with van der Waals surface area (Å²) in [5, 5.41) is 12.5. The Kier molecular flexibility index (Phi) is 3.54. The third-order valence-corrected chi connectivity index (χ3v) is 3.51. The van der Waals surface area contributed by atoms with E-state index >= 15 is 0 Å². The Labute approximate surface area is 111 Å². The monoisotopic (exact) mass is 311 g/mol. The zero-order chi connectivity index (χ0) is 12.4. The third-order valence-electron chi connectivity index (χ3n) is 2.20. The lowest BCUT2D eigenvalue weighted by atomic mass is 10.1. The molecule has 1 N–H and O–H groups in total. The highest BCUT2D eigenvalue weighted by Gasteiger charge is 2.09. The van der Waals surface area contributed by atoms with E-state index in [2.05, 4.69) is 21.0 Å². The van der Waals surface area contributed by atoms with Crippen LogP contribution in [-0.4, -0.2) is 15.6 Å². The van der Waals surface area contributed by atoms with Gasteiger partial charge in [0.1, 0.15) is 11.6 Å². The average molecular weight is 312 g/mol. The van der Waals surface area contributed by atoms with Gasteiger partial charge < -0.3 is 0 Å². The van der Waals surface area contributed by atoms with Crippen molar-refractivity contribution in [3.05, 3.63) is 44.1 Å².